The molecule has 1 unspecified atom stereocenters. The van der Waals surface area contributed by atoms with Crippen molar-refractivity contribution in [3.8, 4) is 0 Å². The van der Waals surface area contributed by atoms with Gasteiger partial charge in [0.1, 0.15) is 0 Å². The Morgan fingerprint density at radius 3 is 2.78 bits per heavy atom. The van der Waals surface area contributed by atoms with Gasteiger partial charge in [-0.25, -0.2) is 0 Å². The van der Waals surface area contributed by atoms with Gasteiger partial charge in [0, 0.05) is 6.42 Å². The molecule has 9 heavy (non-hydrogen) atoms. The van der Waals surface area contributed by atoms with Crippen molar-refractivity contribution in [1.82, 2.24) is 0 Å². The molecule has 1 rings (SSSR count). The lowest BCUT2D eigenvalue weighted by atomic mass is 10.1. The zero-order chi connectivity index (χ0) is 6.91. The minimum absolute atomic E-state index is 0.302. The molecule has 0 N–H and O–H groups in total. The van der Waals surface area contributed by atoms with Crippen molar-refractivity contribution in [1.29, 1.82) is 0 Å². The lowest BCUT2D eigenvalue weighted by Crippen LogP contribution is -2.18. The molecular weight excluding hydrogens is 134 g/mol. The summed E-state index contributed by atoms with van der Waals surface area (Å²) in [5, 5.41) is 3.80. The molecule has 0 aromatic rings. The highest BCUT2D eigenvalue weighted by Gasteiger charge is 2.31. The van der Waals surface area contributed by atoms with Gasteiger partial charge in [-0.1, -0.05) is 12.1 Å². The van der Waals surface area contributed by atoms with E-state index < -0.39 is 0 Å². The smallest absolute Gasteiger partial charge is 0.185 e. The van der Waals surface area contributed by atoms with Crippen molar-refractivity contribution in [3.05, 3.63) is 0 Å². The van der Waals surface area contributed by atoms with Gasteiger partial charge in [0.25, 0.3) is 0 Å². The number of rotatable bonds is 1. The van der Waals surface area contributed by atoms with E-state index in [0.29, 0.717) is 0 Å². The monoisotopic (exact) mass is 145 g/mol. The van der Waals surface area contributed by atoms with E-state index >= 15 is 0 Å². The third-order valence-electron chi connectivity index (χ3n) is 1.46. The predicted molar refractivity (Wildman–Crippen MR) is 40.8 cm³/mol. The first-order valence-corrected chi connectivity index (χ1v) is 3.55. The van der Waals surface area contributed by atoms with Gasteiger partial charge < -0.3 is 4.84 Å². The number of hydrogen-bond donors (Lipinski definition) is 1. The first-order valence-electron chi connectivity index (χ1n) is 3.10. The highest BCUT2D eigenvalue weighted by Crippen LogP contribution is 2.30. The van der Waals surface area contributed by atoms with Gasteiger partial charge in [-0.05, 0) is 13.3 Å². The minimum atomic E-state index is -0.302. The van der Waals surface area contributed by atoms with Crippen molar-refractivity contribution in [2.45, 2.75) is 31.6 Å². The lowest BCUT2D eigenvalue weighted by Gasteiger charge is -2.16. The van der Waals surface area contributed by atoms with E-state index in [-0.39, 0.29) is 4.93 Å². The fourth-order valence-corrected chi connectivity index (χ4v) is 1.09. The normalized spacial score (nSPS) is 33.9. The molecule has 0 amide bonds. The molecule has 0 saturated carbocycles. The maximum atomic E-state index is 5.05. The molecule has 1 aliphatic heterocycles. The zero-order valence-electron chi connectivity index (χ0n) is 5.72. The van der Waals surface area contributed by atoms with Gasteiger partial charge in [0.15, 0.2) is 4.93 Å². The van der Waals surface area contributed by atoms with Crippen LogP contribution in [0.15, 0.2) is 5.16 Å². The molecule has 1 aliphatic rings. The first-order chi connectivity index (χ1) is 4.16. The van der Waals surface area contributed by atoms with Crippen LogP contribution in [0.25, 0.3) is 0 Å². The summed E-state index contributed by atoms with van der Waals surface area (Å²) in [5.74, 6) is 0. The standard InChI is InChI=1S/C6H11NOS/c1-3-6(9)4-5(2)7-8-6/h9H,3-4H2,1-2H3. The summed E-state index contributed by atoms with van der Waals surface area (Å²) in [7, 11) is 0. The molecule has 0 saturated heterocycles. The van der Waals surface area contributed by atoms with Gasteiger partial charge in [-0.15, -0.1) is 12.6 Å². The zero-order valence-corrected chi connectivity index (χ0v) is 6.61. The second-order valence-corrected chi connectivity index (χ2v) is 3.21. The lowest BCUT2D eigenvalue weighted by molar-refractivity contribution is 0.0557. The second-order valence-electron chi connectivity index (χ2n) is 2.39. The summed E-state index contributed by atoms with van der Waals surface area (Å²) in [5.41, 5.74) is 1.03. The van der Waals surface area contributed by atoms with Gasteiger partial charge in [0.2, 0.25) is 0 Å². The van der Waals surface area contributed by atoms with Gasteiger partial charge in [0.05, 0.1) is 5.71 Å². The average molecular weight is 145 g/mol. The largest absolute Gasteiger partial charge is 0.378 e. The third kappa shape index (κ3) is 1.39. The molecule has 0 radical (unpaired) electrons. The Bertz CT molecular complexity index is 146. The van der Waals surface area contributed by atoms with E-state index in [0.717, 1.165) is 18.6 Å². The fraction of sp³-hybridized carbons (Fsp3) is 0.833. The van der Waals surface area contributed by atoms with Gasteiger partial charge >= 0.3 is 0 Å². The molecular formula is C6H11NOS. The quantitative estimate of drug-likeness (QED) is 0.558. The summed E-state index contributed by atoms with van der Waals surface area (Å²) in [6, 6.07) is 0. The van der Waals surface area contributed by atoms with Crippen LogP contribution in [0.1, 0.15) is 26.7 Å². The molecule has 3 heteroatoms. The van der Waals surface area contributed by atoms with Crippen molar-refractivity contribution < 1.29 is 4.84 Å². The highest BCUT2D eigenvalue weighted by atomic mass is 32.1. The van der Waals surface area contributed by atoms with Crippen molar-refractivity contribution in [3.63, 3.8) is 0 Å². The van der Waals surface area contributed by atoms with Gasteiger partial charge in [-0.3, -0.25) is 0 Å². The summed E-state index contributed by atoms with van der Waals surface area (Å²) in [6.07, 6.45) is 1.75. The Morgan fingerprint density at radius 2 is 2.56 bits per heavy atom. The minimum Gasteiger partial charge on any atom is -0.378 e. The Kier molecular flexibility index (Phi) is 1.70. The Balaban J connectivity index is 2.53. The van der Waals surface area contributed by atoms with Crippen molar-refractivity contribution in [2.75, 3.05) is 0 Å². The molecule has 0 aliphatic carbocycles. The van der Waals surface area contributed by atoms with Crippen LogP contribution in [0.5, 0.6) is 0 Å². The van der Waals surface area contributed by atoms with Gasteiger partial charge in [-0.2, -0.15) is 0 Å². The Labute approximate surface area is 60.7 Å². The highest BCUT2D eigenvalue weighted by molar-refractivity contribution is 7.81. The second kappa shape index (κ2) is 2.21. The summed E-state index contributed by atoms with van der Waals surface area (Å²) in [4.78, 5) is 4.75. The van der Waals surface area contributed by atoms with E-state index in [1.54, 1.807) is 0 Å². The molecule has 0 aromatic carbocycles. The van der Waals surface area contributed by atoms with Crippen LogP contribution < -0.4 is 0 Å². The number of nitrogens with zero attached hydrogens (tertiary/aromatic N) is 1. The summed E-state index contributed by atoms with van der Waals surface area (Å²) < 4.78 is 0. The Hall–Kier alpha value is -0.180. The molecule has 0 spiro atoms. The summed E-state index contributed by atoms with van der Waals surface area (Å²) >= 11 is 4.30. The van der Waals surface area contributed by atoms with Crippen LogP contribution >= 0.6 is 12.6 Å². The van der Waals surface area contributed by atoms with Crippen molar-refractivity contribution >= 4 is 18.3 Å². The number of oxime groups is 1. The van der Waals surface area contributed by atoms with Crippen LogP contribution in [0.2, 0.25) is 0 Å². The molecule has 0 fully saturated rings. The first kappa shape index (κ1) is 6.93. The van der Waals surface area contributed by atoms with E-state index in [1.807, 2.05) is 13.8 Å². The summed E-state index contributed by atoms with van der Waals surface area (Å²) in [6.45, 7) is 3.99. The SMILES string of the molecule is CCC1(S)CC(C)=NO1. The topological polar surface area (TPSA) is 21.6 Å². The third-order valence-corrected chi connectivity index (χ3v) is 2.01. The number of thiol groups is 1. The Morgan fingerprint density at radius 1 is 1.89 bits per heavy atom. The molecule has 1 atom stereocenters. The molecule has 1 heterocycles. The predicted octanol–water partition coefficient (Wildman–Crippen LogP) is 1.82. The molecule has 2 nitrogen and oxygen atoms in total. The van der Waals surface area contributed by atoms with E-state index in [2.05, 4.69) is 17.8 Å². The molecule has 52 valence electrons. The maximum absolute atomic E-state index is 5.05. The van der Waals surface area contributed by atoms with E-state index in [1.165, 1.54) is 0 Å². The average Bonchev–Trinajstić information content (AvgIpc) is 2.13. The fourth-order valence-electron chi connectivity index (χ4n) is 0.817. The molecule has 0 bridgehead atoms. The van der Waals surface area contributed by atoms with E-state index in [9.17, 15) is 0 Å². The van der Waals surface area contributed by atoms with Crippen LogP contribution in [0, 0.1) is 0 Å². The molecule has 0 aromatic heterocycles. The van der Waals surface area contributed by atoms with Crippen LogP contribution in [0.4, 0.5) is 0 Å². The van der Waals surface area contributed by atoms with Crippen LogP contribution in [-0.2, 0) is 4.84 Å². The van der Waals surface area contributed by atoms with E-state index in [4.69, 9.17) is 4.84 Å². The van der Waals surface area contributed by atoms with Crippen LogP contribution in [0.3, 0.4) is 0 Å². The maximum Gasteiger partial charge on any atom is 0.185 e. The van der Waals surface area contributed by atoms with Crippen LogP contribution in [-0.4, -0.2) is 10.6 Å². The number of hydrogen-bond acceptors (Lipinski definition) is 3. The van der Waals surface area contributed by atoms with Crippen molar-refractivity contribution in [2.24, 2.45) is 5.16 Å².